The predicted octanol–water partition coefficient (Wildman–Crippen LogP) is 2.03. The van der Waals surface area contributed by atoms with E-state index in [1.807, 2.05) is 19.2 Å². The molecule has 0 N–H and O–H groups in total. The molecular weight excluding hydrogens is 186 g/mol. The zero-order chi connectivity index (χ0) is 9.26. The van der Waals surface area contributed by atoms with Gasteiger partial charge in [-0.3, -0.25) is 0 Å². The van der Waals surface area contributed by atoms with Crippen LogP contribution >= 0.6 is 11.6 Å². The molecule has 0 saturated carbocycles. The van der Waals surface area contributed by atoms with E-state index in [0.29, 0.717) is 5.02 Å². The third-order valence-corrected chi connectivity index (χ3v) is 1.87. The molecule has 0 aliphatic heterocycles. The fraction of sp³-hybridized carbons (Fsp3) is 0.111. The molecule has 0 fully saturated rings. The zero-order valence-electron chi connectivity index (χ0n) is 7.03. The van der Waals surface area contributed by atoms with Crippen molar-refractivity contribution >= 4 is 11.6 Å². The Labute approximate surface area is 81.0 Å². The van der Waals surface area contributed by atoms with Gasteiger partial charge in [0.05, 0.1) is 17.6 Å². The first-order chi connectivity index (χ1) is 6.25. The summed E-state index contributed by atoms with van der Waals surface area (Å²) in [5.74, 6) is 0. The Bertz CT molecular complexity index is 405. The summed E-state index contributed by atoms with van der Waals surface area (Å²) in [6.45, 7) is 1.89. The van der Waals surface area contributed by atoms with Crippen LogP contribution in [0.2, 0.25) is 5.02 Å². The maximum Gasteiger partial charge on any atom is 0.0800 e. The highest BCUT2D eigenvalue weighted by atomic mass is 35.5. The van der Waals surface area contributed by atoms with E-state index in [4.69, 9.17) is 11.6 Å². The summed E-state index contributed by atoms with van der Waals surface area (Å²) in [6, 6.07) is 8.30. The van der Waals surface area contributed by atoms with Gasteiger partial charge >= 0.3 is 0 Å². The number of aromatic nitrogens is 3. The van der Waals surface area contributed by atoms with Crippen molar-refractivity contribution in [3.63, 3.8) is 0 Å². The van der Waals surface area contributed by atoms with Crippen LogP contribution in [0.15, 0.2) is 24.4 Å². The summed E-state index contributed by atoms with van der Waals surface area (Å²) in [4.78, 5) is 0. The van der Waals surface area contributed by atoms with Crippen molar-refractivity contribution in [2.75, 3.05) is 0 Å². The Hall–Kier alpha value is -1.35. The second-order valence-electron chi connectivity index (χ2n) is 2.70. The van der Waals surface area contributed by atoms with Crippen LogP contribution in [0.4, 0.5) is 0 Å². The summed E-state index contributed by atoms with van der Waals surface area (Å²) in [5.41, 5.74) is 1.79. The molecule has 0 atom stereocenters. The molecule has 65 valence electrons. The first kappa shape index (κ1) is 8.26. The van der Waals surface area contributed by atoms with Crippen LogP contribution in [0, 0.1) is 13.0 Å². The quantitative estimate of drug-likeness (QED) is 0.692. The average molecular weight is 193 g/mol. The van der Waals surface area contributed by atoms with Gasteiger partial charge in [-0.25, -0.2) is 4.68 Å². The van der Waals surface area contributed by atoms with Gasteiger partial charge in [0.2, 0.25) is 0 Å². The number of hydrogen-bond acceptors (Lipinski definition) is 2. The van der Waals surface area contributed by atoms with Crippen LogP contribution < -0.4 is 0 Å². The second-order valence-corrected chi connectivity index (χ2v) is 3.11. The average Bonchev–Trinajstić information content (AvgIpc) is 2.53. The summed E-state index contributed by atoms with van der Waals surface area (Å²) in [6.07, 6.45) is 1.84. The number of aryl methyl sites for hydroxylation is 1. The smallest absolute Gasteiger partial charge is 0.0800 e. The van der Waals surface area contributed by atoms with E-state index in [1.54, 1.807) is 16.8 Å². The summed E-state index contributed by atoms with van der Waals surface area (Å²) >= 11 is 5.70. The minimum absolute atomic E-state index is 0.598. The molecule has 0 bridgehead atoms. The van der Waals surface area contributed by atoms with E-state index in [0.717, 1.165) is 11.4 Å². The maximum absolute atomic E-state index is 5.70. The van der Waals surface area contributed by atoms with Crippen LogP contribution in [0.1, 0.15) is 5.69 Å². The first-order valence-electron chi connectivity index (χ1n) is 3.82. The third-order valence-electron chi connectivity index (χ3n) is 1.63. The molecule has 0 unspecified atom stereocenters. The topological polar surface area (TPSA) is 30.7 Å². The minimum atomic E-state index is 0.598. The van der Waals surface area contributed by atoms with E-state index >= 15 is 0 Å². The van der Waals surface area contributed by atoms with Crippen molar-refractivity contribution < 1.29 is 0 Å². The number of halogens is 1. The van der Waals surface area contributed by atoms with Gasteiger partial charge in [-0.1, -0.05) is 16.8 Å². The van der Waals surface area contributed by atoms with Crippen molar-refractivity contribution in [1.29, 1.82) is 0 Å². The van der Waals surface area contributed by atoms with Gasteiger partial charge in [0.15, 0.2) is 0 Å². The van der Waals surface area contributed by atoms with E-state index < -0.39 is 0 Å². The Morgan fingerprint density at radius 2 is 2.31 bits per heavy atom. The molecule has 0 saturated heterocycles. The van der Waals surface area contributed by atoms with Crippen LogP contribution in [-0.2, 0) is 0 Å². The molecular formula is C9H7ClN3. The van der Waals surface area contributed by atoms with Crippen molar-refractivity contribution in [3.05, 3.63) is 41.2 Å². The van der Waals surface area contributed by atoms with Gasteiger partial charge in [0.1, 0.15) is 0 Å². The van der Waals surface area contributed by atoms with E-state index in [9.17, 15) is 0 Å². The Balaban J connectivity index is 2.41. The Morgan fingerprint density at radius 3 is 2.85 bits per heavy atom. The zero-order valence-corrected chi connectivity index (χ0v) is 7.78. The molecule has 1 heterocycles. The standard InChI is InChI=1S/C9H7ClN3/c1-7-6-13(12-11-7)9-4-2-8(10)3-5-9/h2,4-6H,1H3. The molecule has 4 heteroatoms. The van der Waals surface area contributed by atoms with Crippen LogP contribution in [0.5, 0.6) is 0 Å². The van der Waals surface area contributed by atoms with Crippen LogP contribution in [0.3, 0.4) is 0 Å². The highest BCUT2D eigenvalue weighted by molar-refractivity contribution is 6.30. The highest BCUT2D eigenvalue weighted by Gasteiger charge is 1.98. The first-order valence-corrected chi connectivity index (χ1v) is 4.20. The Kier molecular flexibility index (Phi) is 2.02. The fourth-order valence-corrected chi connectivity index (χ4v) is 1.13. The van der Waals surface area contributed by atoms with E-state index in [-0.39, 0.29) is 0 Å². The second kappa shape index (κ2) is 3.18. The Morgan fingerprint density at radius 1 is 1.46 bits per heavy atom. The summed E-state index contributed by atoms with van der Waals surface area (Å²) in [7, 11) is 0. The molecule has 0 aliphatic carbocycles. The summed E-state index contributed by atoms with van der Waals surface area (Å²) in [5, 5.41) is 8.40. The number of rotatable bonds is 1. The molecule has 0 spiro atoms. The van der Waals surface area contributed by atoms with Crippen molar-refractivity contribution in [3.8, 4) is 5.69 Å². The molecule has 1 aromatic heterocycles. The van der Waals surface area contributed by atoms with Gasteiger partial charge in [-0.2, -0.15) is 0 Å². The molecule has 0 amide bonds. The van der Waals surface area contributed by atoms with Gasteiger partial charge in [0, 0.05) is 11.1 Å². The molecule has 1 aromatic carbocycles. The van der Waals surface area contributed by atoms with Gasteiger partial charge in [-0.05, 0) is 25.1 Å². The van der Waals surface area contributed by atoms with E-state index in [2.05, 4.69) is 16.4 Å². The number of nitrogens with zero attached hydrogens (tertiary/aromatic N) is 3. The van der Waals surface area contributed by atoms with Gasteiger partial charge in [-0.15, -0.1) is 5.10 Å². The van der Waals surface area contributed by atoms with Crippen LogP contribution in [0.25, 0.3) is 5.69 Å². The molecule has 2 rings (SSSR count). The highest BCUT2D eigenvalue weighted by Crippen LogP contribution is 2.11. The minimum Gasteiger partial charge on any atom is -0.220 e. The lowest BCUT2D eigenvalue weighted by Crippen LogP contribution is -1.93. The molecule has 13 heavy (non-hydrogen) atoms. The lowest BCUT2D eigenvalue weighted by Gasteiger charge is -1.97. The predicted molar refractivity (Wildman–Crippen MR) is 49.9 cm³/mol. The summed E-state index contributed by atoms with van der Waals surface area (Å²) < 4.78 is 1.68. The van der Waals surface area contributed by atoms with Crippen LogP contribution in [-0.4, -0.2) is 15.0 Å². The molecule has 1 radical (unpaired) electrons. The molecule has 2 aromatic rings. The van der Waals surface area contributed by atoms with Crippen molar-refractivity contribution in [2.24, 2.45) is 0 Å². The lowest BCUT2D eigenvalue weighted by molar-refractivity contribution is 0.801. The molecule has 0 aliphatic rings. The van der Waals surface area contributed by atoms with Gasteiger partial charge < -0.3 is 0 Å². The van der Waals surface area contributed by atoms with Crippen molar-refractivity contribution in [1.82, 2.24) is 15.0 Å². The lowest BCUT2D eigenvalue weighted by atomic mass is 10.3. The fourth-order valence-electron chi connectivity index (χ4n) is 1.01. The largest absolute Gasteiger partial charge is 0.220 e. The monoisotopic (exact) mass is 192 g/mol. The van der Waals surface area contributed by atoms with Crippen molar-refractivity contribution in [2.45, 2.75) is 6.92 Å². The number of benzene rings is 1. The normalized spacial score (nSPS) is 10.3. The number of hydrogen-bond donors (Lipinski definition) is 0. The van der Waals surface area contributed by atoms with E-state index in [1.165, 1.54) is 0 Å². The third kappa shape index (κ3) is 1.70. The van der Waals surface area contributed by atoms with Gasteiger partial charge in [0.25, 0.3) is 0 Å². The SMILES string of the molecule is Cc1cn(-c2c[c]c(Cl)cc2)nn1. The molecule has 3 nitrogen and oxygen atoms in total. The maximum atomic E-state index is 5.70.